The van der Waals surface area contributed by atoms with Gasteiger partial charge < -0.3 is 20.4 Å². The van der Waals surface area contributed by atoms with Crippen molar-refractivity contribution in [2.45, 2.75) is 0 Å². The molecule has 0 radical (unpaired) electrons. The summed E-state index contributed by atoms with van der Waals surface area (Å²) in [6.07, 6.45) is 0. The molecule has 0 spiro atoms. The summed E-state index contributed by atoms with van der Waals surface area (Å²) in [6.45, 7) is -0.660. The predicted octanol–water partition coefficient (Wildman–Crippen LogP) is -0.359. The molecule has 0 aliphatic rings. The van der Waals surface area contributed by atoms with Crippen LogP contribution in [0.3, 0.4) is 0 Å². The molecule has 2 aromatic rings. The number of nitrogens with one attached hydrogen (secondary N) is 1. The van der Waals surface area contributed by atoms with E-state index < -0.39 is 35.3 Å². The van der Waals surface area contributed by atoms with Gasteiger partial charge in [-0.15, -0.1) is 16.1 Å². The zero-order valence-electron chi connectivity index (χ0n) is 10.2. The maximum Gasteiger partial charge on any atom is 0.322 e. The Bertz CT molecular complexity index is 747. The molecule has 0 aromatic carbocycles. The van der Waals surface area contributed by atoms with Crippen LogP contribution in [0.25, 0.3) is 10.2 Å². The molecule has 9 heteroatoms. The third kappa shape index (κ3) is 2.18. The van der Waals surface area contributed by atoms with Gasteiger partial charge in [-0.25, -0.2) is 0 Å². The largest absolute Gasteiger partial charge is 0.505 e. The number of carbonyl (C=O) groups excluding carboxylic acids is 1. The normalized spacial score (nSPS) is 10.4. The summed E-state index contributed by atoms with van der Waals surface area (Å²) in [5.41, 5.74) is -1.09. The molecule has 1 amide bonds. The number of thiophene rings is 1. The number of amides is 1. The minimum absolute atomic E-state index is 0.298. The number of rotatable bonds is 4. The lowest BCUT2D eigenvalue weighted by molar-refractivity contribution is -0.135. The van der Waals surface area contributed by atoms with Gasteiger partial charge in [0.1, 0.15) is 19.2 Å². The summed E-state index contributed by atoms with van der Waals surface area (Å²) in [7, 11) is 1.24. The SMILES string of the molecule is COn1c(=O)c(C(=O)NCC(=O)O)c(O)c2sccc21. The number of carboxylic acid groups (broad SMARTS) is 1. The van der Waals surface area contributed by atoms with Crippen LogP contribution in [-0.4, -0.2) is 40.5 Å². The minimum atomic E-state index is -1.26. The molecule has 0 unspecified atom stereocenters. The second kappa shape index (κ2) is 5.21. The third-order valence-electron chi connectivity index (χ3n) is 2.52. The first-order valence-electron chi connectivity index (χ1n) is 5.37. The molecule has 2 aromatic heterocycles. The van der Waals surface area contributed by atoms with Crippen molar-refractivity contribution in [2.75, 3.05) is 13.7 Å². The highest BCUT2D eigenvalue weighted by Crippen LogP contribution is 2.30. The first-order valence-corrected chi connectivity index (χ1v) is 6.25. The molecule has 106 valence electrons. The Morgan fingerprint density at radius 1 is 1.50 bits per heavy atom. The number of carboxylic acids is 1. The number of pyridine rings is 1. The molecule has 0 aliphatic carbocycles. The smallest absolute Gasteiger partial charge is 0.322 e. The van der Waals surface area contributed by atoms with Crippen LogP contribution in [0.4, 0.5) is 0 Å². The first-order chi connectivity index (χ1) is 9.47. The van der Waals surface area contributed by atoms with Gasteiger partial charge in [0.05, 0.1) is 4.70 Å². The van der Waals surface area contributed by atoms with Crippen molar-refractivity contribution in [3.05, 3.63) is 27.4 Å². The van der Waals surface area contributed by atoms with Crippen molar-refractivity contribution in [3.8, 4) is 5.75 Å². The van der Waals surface area contributed by atoms with Gasteiger partial charge in [0.25, 0.3) is 11.5 Å². The van der Waals surface area contributed by atoms with Crippen molar-refractivity contribution in [1.29, 1.82) is 0 Å². The molecule has 2 rings (SSSR count). The fourth-order valence-corrected chi connectivity index (χ4v) is 2.51. The maximum absolute atomic E-state index is 12.1. The minimum Gasteiger partial charge on any atom is -0.505 e. The Kier molecular flexibility index (Phi) is 3.61. The van der Waals surface area contributed by atoms with E-state index in [1.165, 1.54) is 7.11 Å². The van der Waals surface area contributed by atoms with Crippen molar-refractivity contribution in [3.63, 3.8) is 0 Å². The van der Waals surface area contributed by atoms with E-state index in [0.29, 0.717) is 10.2 Å². The van der Waals surface area contributed by atoms with Crippen LogP contribution in [0, 0.1) is 0 Å². The lowest BCUT2D eigenvalue weighted by Gasteiger charge is -2.10. The highest BCUT2D eigenvalue weighted by Gasteiger charge is 2.23. The number of hydrogen-bond acceptors (Lipinski definition) is 6. The van der Waals surface area contributed by atoms with Crippen LogP contribution in [-0.2, 0) is 4.79 Å². The van der Waals surface area contributed by atoms with Gasteiger partial charge in [-0.2, -0.15) is 0 Å². The fourth-order valence-electron chi connectivity index (χ4n) is 1.70. The van der Waals surface area contributed by atoms with E-state index in [2.05, 4.69) is 0 Å². The Balaban J connectivity index is 2.60. The molecule has 0 atom stereocenters. The number of carbonyl (C=O) groups is 2. The quantitative estimate of drug-likeness (QED) is 0.709. The van der Waals surface area contributed by atoms with Crippen LogP contribution in [0.1, 0.15) is 10.4 Å². The molecule has 0 saturated heterocycles. The van der Waals surface area contributed by atoms with Crippen LogP contribution in [0.2, 0.25) is 0 Å². The van der Waals surface area contributed by atoms with Crippen molar-refractivity contribution >= 4 is 33.4 Å². The Hall–Kier alpha value is -2.55. The Morgan fingerprint density at radius 2 is 2.20 bits per heavy atom. The number of fused-ring (bicyclic) bond motifs is 1. The molecule has 0 bridgehead atoms. The van der Waals surface area contributed by atoms with Crippen LogP contribution in [0.5, 0.6) is 5.75 Å². The van der Waals surface area contributed by atoms with Crippen LogP contribution >= 0.6 is 11.3 Å². The summed E-state index contributed by atoms with van der Waals surface area (Å²) in [5.74, 6) is -2.73. The molecule has 20 heavy (non-hydrogen) atoms. The van der Waals surface area contributed by atoms with E-state index in [1.54, 1.807) is 11.4 Å². The van der Waals surface area contributed by atoms with Gasteiger partial charge in [-0.05, 0) is 11.4 Å². The summed E-state index contributed by atoms with van der Waals surface area (Å²) < 4.78 is 1.16. The third-order valence-corrected chi connectivity index (χ3v) is 3.43. The van der Waals surface area contributed by atoms with E-state index in [4.69, 9.17) is 9.94 Å². The molecular formula is C11H10N2O6S. The van der Waals surface area contributed by atoms with E-state index >= 15 is 0 Å². The monoisotopic (exact) mass is 298 g/mol. The van der Waals surface area contributed by atoms with Crippen molar-refractivity contribution in [1.82, 2.24) is 10.0 Å². The van der Waals surface area contributed by atoms with Crippen molar-refractivity contribution < 1.29 is 24.6 Å². The second-order valence-corrected chi connectivity index (χ2v) is 4.63. The molecule has 3 N–H and O–H groups in total. The molecule has 8 nitrogen and oxygen atoms in total. The van der Waals surface area contributed by atoms with Gasteiger partial charge in [-0.3, -0.25) is 14.4 Å². The van der Waals surface area contributed by atoms with Crippen LogP contribution in [0.15, 0.2) is 16.2 Å². The van der Waals surface area contributed by atoms with Gasteiger partial charge in [-0.1, -0.05) is 0 Å². The maximum atomic E-state index is 12.1. The Morgan fingerprint density at radius 3 is 2.80 bits per heavy atom. The number of nitrogens with zero attached hydrogens (tertiary/aromatic N) is 1. The summed E-state index contributed by atoms with van der Waals surface area (Å²) >= 11 is 1.12. The zero-order chi connectivity index (χ0) is 14.9. The Labute approximate surface area is 115 Å². The van der Waals surface area contributed by atoms with Gasteiger partial charge in [0.2, 0.25) is 0 Å². The zero-order valence-corrected chi connectivity index (χ0v) is 11.1. The summed E-state index contributed by atoms with van der Waals surface area (Å²) in [5, 5.41) is 22.2. The van der Waals surface area contributed by atoms with E-state index in [9.17, 15) is 19.5 Å². The van der Waals surface area contributed by atoms with Crippen LogP contribution < -0.4 is 15.7 Å². The average Bonchev–Trinajstić information content (AvgIpc) is 2.86. The topological polar surface area (TPSA) is 118 Å². The number of aromatic nitrogens is 1. The van der Waals surface area contributed by atoms with E-state index in [1.807, 2.05) is 5.32 Å². The lowest BCUT2D eigenvalue weighted by atomic mass is 10.2. The molecule has 2 heterocycles. The van der Waals surface area contributed by atoms with Gasteiger partial charge in [0, 0.05) is 0 Å². The molecule has 0 saturated carbocycles. The molecular weight excluding hydrogens is 288 g/mol. The van der Waals surface area contributed by atoms with E-state index in [0.717, 1.165) is 16.1 Å². The number of aromatic hydroxyl groups is 1. The standard InChI is InChI=1S/C11H10N2O6S/c1-19-13-5-2-3-20-9(5)8(16)7(11(13)18)10(17)12-4-6(14)15/h2-3,16H,4H2,1H3,(H,12,17)(H,14,15). The molecule has 0 fully saturated rings. The number of hydrogen-bond donors (Lipinski definition) is 3. The van der Waals surface area contributed by atoms with Gasteiger partial charge in [0.15, 0.2) is 11.3 Å². The predicted molar refractivity (Wildman–Crippen MR) is 70.2 cm³/mol. The lowest BCUT2D eigenvalue weighted by Crippen LogP contribution is -2.37. The highest BCUT2D eigenvalue weighted by molar-refractivity contribution is 7.17. The fraction of sp³-hybridized carbons (Fsp3) is 0.182. The van der Waals surface area contributed by atoms with E-state index in [-0.39, 0.29) is 0 Å². The number of aliphatic carboxylic acids is 1. The molecule has 0 aliphatic heterocycles. The highest BCUT2D eigenvalue weighted by atomic mass is 32.1. The second-order valence-electron chi connectivity index (χ2n) is 3.72. The van der Waals surface area contributed by atoms with Gasteiger partial charge >= 0.3 is 5.97 Å². The average molecular weight is 298 g/mol. The summed E-state index contributed by atoms with van der Waals surface area (Å²) in [6, 6.07) is 1.56. The van der Waals surface area contributed by atoms with Crippen molar-refractivity contribution in [2.24, 2.45) is 0 Å². The summed E-state index contributed by atoms with van der Waals surface area (Å²) in [4.78, 5) is 39.2. The first kappa shape index (κ1) is 13.9.